The summed E-state index contributed by atoms with van der Waals surface area (Å²) in [7, 11) is -2.02. The number of allylic oxidation sites excluding steroid dienone is 1. The van der Waals surface area contributed by atoms with Crippen LogP contribution in [0.15, 0.2) is 62.2 Å². The zero-order valence-electron chi connectivity index (χ0n) is 16.5. The molecule has 0 heterocycles. The molecule has 1 aromatic carbocycles. The summed E-state index contributed by atoms with van der Waals surface area (Å²) < 4.78 is 6.80. The molecule has 0 fully saturated rings. The molecule has 25 heavy (non-hydrogen) atoms. The zero-order chi connectivity index (χ0) is 19.3. The molecule has 2 nitrogen and oxygen atoms in total. The minimum atomic E-state index is -2.02. The third kappa shape index (κ3) is 5.19. The van der Waals surface area contributed by atoms with Gasteiger partial charge in [0.05, 0.1) is 5.60 Å². The molecule has 0 amide bonds. The topological polar surface area (TPSA) is 29.5 Å². The number of phenolic OH excluding ortho intramolecular Hbond substituents is 1. The molecule has 1 aromatic rings. The highest BCUT2D eigenvalue weighted by Gasteiger charge is 2.45. The van der Waals surface area contributed by atoms with Crippen molar-refractivity contribution in [2.24, 2.45) is 5.92 Å². The van der Waals surface area contributed by atoms with Crippen LogP contribution in [0.5, 0.6) is 5.75 Å². The average molecular weight is 359 g/mol. The van der Waals surface area contributed by atoms with Crippen molar-refractivity contribution >= 4 is 8.32 Å². The van der Waals surface area contributed by atoms with E-state index in [0.717, 1.165) is 18.4 Å². The lowest BCUT2D eigenvalue weighted by atomic mass is 9.80. The predicted octanol–water partition coefficient (Wildman–Crippen LogP) is 6.26. The molecule has 0 spiro atoms. The summed E-state index contributed by atoms with van der Waals surface area (Å²) >= 11 is 0. The van der Waals surface area contributed by atoms with E-state index in [9.17, 15) is 5.11 Å². The molecule has 0 bridgehead atoms. The molecule has 138 valence electrons. The second kappa shape index (κ2) is 8.20. The minimum Gasteiger partial charge on any atom is -0.508 e. The molecule has 0 radical (unpaired) electrons. The molecule has 1 N–H and O–H groups in total. The van der Waals surface area contributed by atoms with E-state index in [1.807, 2.05) is 30.4 Å². The molecular weight excluding hydrogens is 324 g/mol. The molecule has 0 aromatic heterocycles. The number of benzene rings is 1. The van der Waals surface area contributed by atoms with E-state index in [1.165, 1.54) is 0 Å². The zero-order valence-corrected chi connectivity index (χ0v) is 17.5. The van der Waals surface area contributed by atoms with Crippen molar-refractivity contribution in [1.29, 1.82) is 0 Å². The summed E-state index contributed by atoms with van der Waals surface area (Å²) in [5, 5.41) is 9.62. The van der Waals surface area contributed by atoms with Crippen LogP contribution in [0.4, 0.5) is 0 Å². The van der Waals surface area contributed by atoms with Crippen LogP contribution >= 0.6 is 0 Å². The molecule has 3 heteroatoms. The maximum Gasteiger partial charge on any atom is 0.193 e. The number of phenols is 1. The Labute approximate surface area is 155 Å². The van der Waals surface area contributed by atoms with Crippen molar-refractivity contribution in [3.63, 3.8) is 0 Å². The van der Waals surface area contributed by atoms with Gasteiger partial charge in [-0.05, 0) is 48.7 Å². The van der Waals surface area contributed by atoms with Crippen molar-refractivity contribution in [1.82, 2.24) is 0 Å². The molecule has 1 rings (SSSR count). The van der Waals surface area contributed by atoms with Crippen molar-refractivity contribution in [2.75, 3.05) is 0 Å². The second-order valence-corrected chi connectivity index (χ2v) is 12.9. The average Bonchev–Trinajstić information content (AvgIpc) is 2.53. The summed E-state index contributed by atoms with van der Waals surface area (Å²) in [4.78, 5) is 0. The molecule has 1 atom stereocenters. The van der Waals surface area contributed by atoms with E-state index in [-0.39, 0.29) is 16.7 Å². The summed E-state index contributed by atoms with van der Waals surface area (Å²) in [5.74, 6) is 0.430. The lowest BCUT2D eigenvalue weighted by Crippen LogP contribution is -2.51. The normalized spacial score (nSPS) is 14.0. The number of hydrogen-bond donors (Lipinski definition) is 1. The highest BCUT2D eigenvalue weighted by molar-refractivity contribution is 6.74. The number of hydrogen-bond acceptors (Lipinski definition) is 2. The maximum atomic E-state index is 9.52. The van der Waals surface area contributed by atoms with Crippen molar-refractivity contribution in [2.45, 2.75) is 57.3 Å². The van der Waals surface area contributed by atoms with Gasteiger partial charge in [-0.1, -0.05) is 64.3 Å². The lowest BCUT2D eigenvalue weighted by molar-refractivity contribution is 0.0868. The quantitative estimate of drug-likeness (QED) is 0.417. The van der Waals surface area contributed by atoms with Crippen LogP contribution in [0.1, 0.15) is 32.8 Å². The first-order chi connectivity index (χ1) is 11.5. The Balaban J connectivity index is 3.24. The first-order valence-electron chi connectivity index (χ1n) is 8.87. The third-order valence-corrected chi connectivity index (χ3v) is 9.86. The Bertz CT molecular complexity index is 585. The van der Waals surface area contributed by atoms with E-state index in [4.69, 9.17) is 4.43 Å². The van der Waals surface area contributed by atoms with Crippen LogP contribution in [0.2, 0.25) is 18.1 Å². The van der Waals surface area contributed by atoms with Crippen LogP contribution in [0.25, 0.3) is 0 Å². The Morgan fingerprint density at radius 3 is 2.00 bits per heavy atom. The Morgan fingerprint density at radius 2 is 1.60 bits per heavy atom. The van der Waals surface area contributed by atoms with Gasteiger partial charge in [-0.2, -0.15) is 0 Å². The summed E-state index contributed by atoms with van der Waals surface area (Å²) in [5.41, 5.74) is 0.547. The van der Waals surface area contributed by atoms with Gasteiger partial charge in [0, 0.05) is 5.92 Å². The van der Waals surface area contributed by atoms with Crippen LogP contribution in [0.3, 0.4) is 0 Å². The van der Waals surface area contributed by atoms with Gasteiger partial charge < -0.3 is 9.53 Å². The van der Waals surface area contributed by atoms with E-state index >= 15 is 0 Å². The Hall–Kier alpha value is -1.58. The van der Waals surface area contributed by atoms with Gasteiger partial charge >= 0.3 is 0 Å². The van der Waals surface area contributed by atoms with Crippen LogP contribution < -0.4 is 0 Å². The fourth-order valence-corrected chi connectivity index (χ4v) is 4.25. The second-order valence-electron chi connectivity index (χ2n) is 8.22. The Morgan fingerprint density at radius 1 is 1.08 bits per heavy atom. The van der Waals surface area contributed by atoms with Gasteiger partial charge in [0.15, 0.2) is 8.32 Å². The monoisotopic (exact) mass is 358 g/mol. The third-order valence-electron chi connectivity index (χ3n) is 5.38. The standard InChI is InChI=1S/C22H34O2Si/c1-9-12-19(17-18-13-15-20(23)16-14-18)22(10-2,11-3)24-25(7,8)21(4,5)6/h9-11,13-16,19,23H,1-3,12,17H2,4-8H3. The molecule has 0 aliphatic rings. The van der Waals surface area contributed by atoms with Crippen molar-refractivity contribution in [3.8, 4) is 5.75 Å². The fourth-order valence-electron chi connectivity index (χ4n) is 2.72. The Kier molecular flexibility index (Phi) is 7.04. The number of rotatable bonds is 9. The van der Waals surface area contributed by atoms with Crippen molar-refractivity contribution < 1.29 is 9.53 Å². The first kappa shape index (κ1) is 21.5. The van der Waals surface area contributed by atoms with Crippen LogP contribution in [-0.4, -0.2) is 19.0 Å². The molecule has 0 saturated heterocycles. The minimum absolute atomic E-state index is 0.0987. The van der Waals surface area contributed by atoms with Crippen LogP contribution in [-0.2, 0) is 10.8 Å². The summed E-state index contributed by atoms with van der Waals surface area (Å²) in [6.07, 6.45) is 7.33. The molecule has 1 unspecified atom stereocenters. The lowest BCUT2D eigenvalue weighted by Gasteiger charge is -2.46. The highest BCUT2D eigenvalue weighted by atomic mass is 28.4. The first-order valence-corrected chi connectivity index (χ1v) is 11.8. The van der Waals surface area contributed by atoms with Gasteiger partial charge in [-0.25, -0.2) is 0 Å². The molecule has 0 saturated carbocycles. The van der Waals surface area contributed by atoms with Gasteiger partial charge in [-0.15, -0.1) is 6.58 Å². The smallest absolute Gasteiger partial charge is 0.193 e. The van der Waals surface area contributed by atoms with Gasteiger partial charge in [0.2, 0.25) is 0 Å². The molecule has 0 aliphatic carbocycles. The highest BCUT2D eigenvalue weighted by Crippen LogP contribution is 2.43. The fraction of sp³-hybridized carbons (Fsp3) is 0.455. The predicted molar refractivity (Wildman–Crippen MR) is 112 cm³/mol. The van der Waals surface area contributed by atoms with E-state index in [2.05, 4.69) is 53.6 Å². The van der Waals surface area contributed by atoms with Gasteiger partial charge in [-0.3, -0.25) is 0 Å². The number of aromatic hydroxyl groups is 1. The molecular formula is C22H34O2Si. The van der Waals surface area contributed by atoms with Crippen molar-refractivity contribution in [3.05, 3.63) is 67.8 Å². The maximum absolute atomic E-state index is 9.52. The van der Waals surface area contributed by atoms with E-state index < -0.39 is 13.9 Å². The summed E-state index contributed by atoms with van der Waals surface area (Å²) in [6.45, 7) is 23.3. The van der Waals surface area contributed by atoms with E-state index in [1.54, 1.807) is 12.1 Å². The van der Waals surface area contributed by atoms with Crippen LogP contribution in [0, 0.1) is 5.92 Å². The SMILES string of the molecule is C=CCC(Cc1ccc(O)cc1)C(C=C)(C=C)O[Si](C)(C)C(C)(C)C. The van der Waals surface area contributed by atoms with Gasteiger partial charge in [0.25, 0.3) is 0 Å². The van der Waals surface area contributed by atoms with E-state index in [0.29, 0.717) is 0 Å². The largest absolute Gasteiger partial charge is 0.508 e. The molecule has 0 aliphatic heterocycles. The van der Waals surface area contributed by atoms with Gasteiger partial charge in [0.1, 0.15) is 5.75 Å². The summed E-state index contributed by atoms with van der Waals surface area (Å²) in [6, 6.07) is 7.35.